The predicted molar refractivity (Wildman–Crippen MR) is 116 cm³/mol. The number of methoxy groups -OCH3 is 1. The Morgan fingerprint density at radius 1 is 1.00 bits per heavy atom. The third-order valence-corrected chi connectivity index (χ3v) is 5.20. The molecule has 3 aromatic rings. The summed E-state index contributed by atoms with van der Waals surface area (Å²) in [6, 6.07) is 18.8. The number of carbonyl (C=O) groups is 2. The van der Waals surface area contributed by atoms with Crippen LogP contribution >= 0.6 is 0 Å². The molecule has 4 rings (SSSR count). The second-order valence-corrected chi connectivity index (χ2v) is 7.82. The Morgan fingerprint density at radius 3 is 2.48 bits per heavy atom. The number of benzene rings is 2. The minimum atomic E-state index is -0.0927. The van der Waals surface area contributed by atoms with E-state index in [0.717, 1.165) is 24.0 Å². The van der Waals surface area contributed by atoms with E-state index in [0.29, 0.717) is 42.6 Å². The molecule has 160 valence electrons. The Labute approximate surface area is 181 Å². The molecule has 1 heterocycles. The minimum absolute atomic E-state index is 0.0486. The average Bonchev–Trinajstić information content (AvgIpc) is 3.45. The molecular weight excluding hydrogens is 392 g/mol. The zero-order valence-corrected chi connectivity index (χ0v) is 17.5. The van der Waals surface area contributed by atoms with Gasteiger partial charge in [-0.25, -0.2) is 0 Å². The molecule has 2 amide bonds. The van der Waals surface area contributed by atoms with Gasteiger partial charge in [0.05, 0.1) is 19.4 Å². The summed E-state index contributed by atoms with van der Waals surface area (Å²) in [6.45, 7) is 1.20. The highest BCUT2D eigenvalue weighted by molar-refractivity contribution is 5.95. The number of hydrogen-bond acceptors (Lipinski definition) is 4. The number of rotatable bonds is 9. The lowest BCUT2D eigenvalue weighted by molar-refractivity contribution is 0.0717. The van der Waals surface area contributed by atoms with E-state index in [1.807, 2.05) is 60.7 Å². The topological polar surface area (TPSA) is 71.8 Å². The average molecular weight is 418 g/mol. The molecule has 1 saturated carbocycles. The maximum Gasteiger partial charge on any atom is 0.254 e. The summed E-state index contributed by atoms with van der Waals surface area (Å²) >= 11 is 0. The van der Waals surface area contributed by atoms with Crippen molar-refractivity contribution in [3.8, 4) is 0 Å². The summed E-state index contributed by atoms with van der Waals surface area (Å²) in [5, 5.41) is 2.99. The Hall–Kier alpha value is -3.38. The summed E-state index contributed by atoms with van der Waals surface area (Å²) in [7, 11) is 1.63. The highest BCUT2D eigenvalue weighted by atomic mass is 16.5. The standard InChI is InChI=1S/C25H26N2O4/c1-30-17-19-4-2-5-21(14-19)25(29)27(16-23-6-3-13-31-23)15-18-7-9-20(10-8-18)24(28)26-22-11-12-22/h2-10,13-14,22H,11-12,15-17H2,1H3,(H,26,28). The van der Waals surface area contributed by atoms with Crippen molar-refractivity contribution in [2.75, 3.05) is 7.11 Å². The predicted octanol–water partition coefficient (Wildman–Crippen LogP) is 4.16. The lowest BCUT2D eigenvalue weighted by atomic mass is 10.1. The smallest absolute Gasteiger partial charge is 0.254 e. The van der Waals surface area contributed by atoms with Crippen molar-refractivity contribution < 1.29 is 18.7 Å². The van der Waals surface area contributed by atoms with Gasteiger partial charge in [-0.05, 0) is 60.4 Å². The van der Waals surface area contributed by atoms with E-state index in [1.54, 1.807) is 18.3 Å². The zero-order chi connectivity index (χ0) is 21.6. The molecule has 0 aliphatic heterocycles. The van der Waals surface area contributed by atoms with Gasteiger partial charge in [0.25, 0.3) is 11.8 Å². The van der Waals surface area contributed by atoms with Gasteiger partial charge in [0.1, 0.15) is 5.76 Å². The van der Waals surface area contributed by atoms with Gasteiger partial charge in [0.15, 0.2) is 0 Å². The zero-order valence-electron chi connectivity index (χ0n) is 17.5. The molecule has 31 heavy (non-hydrogen) atoms. The van der Waals surface area contributed by atoms with Crippen LogP contribution in [0.4, 0.5) is 0 Å². The van der Waals surface area contributed by atoms with Crippen LogP contribution in [0.25, 0.3) is 0 Å². The molecule has 6 heteroatoms. The lowest BCUT2D eigenvalue weighted by Crippen LogP contribution is -2.30. The second kappa shape index (κ2) is 9.62. The van der Waals surface area contributed by atoms with Crippen LogP contribution < -0.4 is 5.32 Å². The highest BCUT2D eigenvalue weighted by Crippen LogP contribution is 2.20. The third-order valence-electron chi connectivity index (χ3n) is 5.20. The van der Waals surface area contributed by atoms with Gasteiger partial charge in [0, 0.05) is 30.8 Å². The van der Waals surface area contributed by atoms with Crippen LogP contribution in [-0.4, -0.2) is 29.9 Å². The number of nitrogens with one attached hydrogen (secondary N) is 1. The Morgan fingerprint density at radius 2 is 1.81 bits per heavy atom. The molecule has 0 unspecified atom stereocenters. The van der Waals surface area contributed by atoms with Crippen molar-refractivity contribution in [3.63, 3.8) is 0 Å². The molecule has 6 nitrogen and oxygen atoms in total. The van der Waals surface area contributed by atoms with E-state index in [2.05, 4.69) is 5.32 Å². The van der Waals surface area contributed by atoms with Gasteiger partial charge in [-0.15, -0.1) is 0 Å². The normalized spacial score (nSPS) is 13.1. The van der Waals surface area contributed by atoms with E-state index in [-0.39, 0.29) is 11.8 Å². The molecule has 0 atom stereocenters. The monoisotopic (exact) mass is 418 g/mol. The molecule has 1 aliphatic rings. The molecular formula is C25H26N2O4. The van der Waals surface area contributed by atoms with Gasteiger partial charge in [0.2, 0.25) is 0 Å². The van der Waals surface area contributed by atoms with Gasteiger partial charge >= 0.3 is 0 Å². The van der Waals surface area contributed by atoms with Gasteiger partial charge < -0.3 is 19.4 Å². The first kappa shape index (κ1) is 20.9. The Kier molecular flexibility index (Phi) is 6.48. The van der Waals surface area contributed by atoms with E-state index >= 15 is 0 Å². The summed E-state index contributed by atoms with van der Waals surface area (Å²) in [5.41, 5.74) is 3.11. The lowest BCUT2D eigenvalue weighted by Gasteiger charge is -2.22. The maximum atomic E-state index is 13.3. The van der Waals surface area contributed by atoms with Gasteiger partial charge in [-0.1, -0.05) is 24.3 Å². The quantitative estimate of drug-likeness (QED) is 0.566. The van der Waals surface area contributed by atoms with E-state index < -0.39 is 0 Å². The van der Waals surface area contributed by atoms with Crippen molar-refractivity contribution >= 4 is 11.8 Å². The van der Waals surface area contributed by atoms with Crippen LogP contribution in [0.15, 0.2) is 71.3 Å². The SMILES string of the molecule is COCc1cccc(C(=O)N(Cc2ccc(C(=O)NC3CC3)cc2)Cc2ccco2)c1. The second-order valence-electron chi connectivity index (χ2n) is 7.82. The van der Waals surface area contributed by atoms with Crippen molar-refractivity contribution in [1.29, 1.82) is 0 Å². The van der Waals surface area contributed by atoms with Crippen molar-refractivity contribution in [2.24, 2.45) is 0 Å². The number of amides is 2. The number of furan rings is 1. The van der Waals surface area contributed by atoms with Crippen LogP contribution in [0.5, 0.6) is 0 Å². The van der Waals surface area contributed by atoms with Crippen LogP contribution in [0.2, 0.25) is 0 Å². The fraction of sp³-hybridized carbons (Fsp3) is 0.280. The molecule has 1 aliphatic carbocycles. The first-order chi connectivity index (χ1) is 15.1. The van der Waals surface area contributed by atoms with Crippen LogP contribution in [0, 0.1) is 0 Å². The highest BCUT2D eigenvalue weighted by Gasteiger charge is 2.24. The summed E-state index contributed by atoms with van der Waals surface area (Å²) in [4.78, 5) is 27.3. The fourth-order valence-electron chi connectivity index (χ4n) is 3.41. The van der Waals surface area contributed by atoms with E-state index in [4.69, 9.17) is 9.15 Å². The molecule has 0 bridgehead atoms. The molecule has 1 N–H and O–H groups in total. The molecule has 0 saturated heterocycles. The van der Waals surface area contributed by atoms with Crippen molar-refractivity contribution in [2.45, 2.75) is 38.6 Å². The molecule has 1 fully saturated rings. The molecule has 0 radical (unpaired) electrons. The number of carbonyl (C=O) groups excluding carboxylic acids is 2. The summed E-state index contributed by atoms with van der Waals surface area (Å²) < 4.78 is 10.7. The summed E-state index contributed by atoms with van der Waals surface area (Å²) in [5.74, 6) is 0.569. The summed E-state index contributed by atoms with van der Waals surface area (Å²) in [6.07, 6.45) is 3.71. The largest absolute Gasteiger partial charge is 0.467 e. The molecule has 0 spiro atoms. The van der Waals surface area contributed by atoms with Crippen LogP contribution in [-0.2, 0) is 24.4 Å². The van der Waals surface area contributed by atoms with Crippen molar-refractivity contribution in [3.05, 3.63) is 94.9 Å². The first-order valence-electron chi connectivity index (χ1n) is 10.4. The van der Waals surface area contributed by atoms with E-state index in [1.165, 1.54) is 0 Å². The Balaban J connectivity index is 1.51. The number of nitrogens with zero attached hydrogens (tertiary/aromatic N) is 1. The number of ether oxygens (including phenoxy) is 1. The fourth-order valence-corrected chi connectivity index (χ4v) is 3.41. The van der Waals surface area contributed by atoms with E-state index in [9.17, 15) is 9.59 Å². The maximum absolute atomic E-state index is 13.3. The Bertz CT molecular complexity index is 1020. The minimum Gasteiger partial charge on any atom is -0.467 e. The number of hydrogen-bond donors (Lipinski definition) is 1. The van der Waals surface area contributed by atoms with Gasteiger partial charge in [-0.3, -0.25) is 9.59 Å². The van der Waals surface area contributed by atoms with Crippen molar-refractivity contribution in [1.82, 2.24) is 10.2 Å². The van der Waals surface area contributed by atoms with Crippen LogP contribution in [0.1, 0.15) is 50.4 Å². The third kappa shape index (κ3) is 5.61. The molecule has 1 aromatic heterocycles. The molecule has 2 aromatic carbocycles. The first-order valence-corrected chi connectivity index (χ1v) is 10.4. The van der Waals surface area contributed by atoms with Crippen LogP contribution in [0.3, 0.4) is 0 Å². The van der Waals surface area contributed by atoms with Gasteiger partial charge in [-0.2, -0.15) is 0 Å².